The Bertz CT molecular complexity index is 914. The number of aromatic nitrogens is 2. The SMILES string of the molecule is O=C(c1cn2cc(Cl)ccc2n1)N1CCN(c2ccc(Cl)cc2)CC1. The molecule has 0 atom stereocenters. The monoisotopic (exact) mass is 374 g/mol. The van der Waals surface area contributed by atoms with Crippen LogP contribution in [-0.4, -0.2) is 46.4 Å². The van der Waals surface area contributed by atoms with E-state index in [1.807, 2.05) is 29.2 Å². The van der Waals surface area contributed by atoms with Crippen LogP contribution in [0, 0.1) is 0 Å². The van der Waals surface area contributed by atoms with E-state index in [4.69, 9.17) is 23.2 Å². The molecule has 5 nitrogen and oxygen atoms in total. The second kappa shape index (κ2) is 6.58. The summed E-state index contributed by atoms with van der Waals surface area (Å²) >= 11 is 11.9. The minimum atomic E-state index is -0.0458. The summed E-state index contributed by atoms with van der Waals surface area (Å²) in [5, 5.41) is 1.34. The smallest absolute Gasteiger partial charge is 0.274 e. The summed E-state index contributed by atoms with van der Waals surface area (Å²) in [6, 6.07) is 11.4. The van der Waals surface area contributed by atoms with Gasteiger partial charge in [-0.25, -0.2) is 4.98 Å². The molecule has 3 aromatic rings. The molecule has 0 spiro atoms. The van der Waals surface area contributed by atoms with Crippen molar-refractivity contribution in [2.45, 2.75) is 0 Å². The molecular weight excluding hydrogens is 359 g/mol. The highest BCUT2D eigenvalue weighted by atomic mass is 35.5. The van der Waals surface area contributed by atoms with Crippen LogP contribution in [-0.2, 0) is 0 Å². The van der Waals surface area contributed by atoms with Gasteiger partial charge in [-0.15, -0.1) is 0 Å². The number of hydrogen-bond donors (Lipinski definition) is 0. The molecule has 2 aromatic heterocycles. The van der Waals surface area contributed by atoms with Crippen LogP contribution in [0.5, 0.6) is 0 Å². The first-order chi connectivity index (χ1) is 12.1. The van der Waals surface area contributed by atoms with E-state index < -0.39 is 0 Å². The lowest BCUT2D eigenvalue weighted by Crippen LogP contribution is -2.48. The first-order valence-corrected chi connectivity index (χ1v) is 8.80. The van der Waals surface area contributed by atoms with E-state index in [1.54, 1.807) is 28.9 Å². The van der Waals surface area contributed by atoms with Crippen LogP contribution < -0.4 is 4.90 Å². The van der Waals surface area contributed by atoms with Gasteiger partial charge in [0.15, 0.2) is 0 Å². The van der Waals surface area contributed by atoms with Crippen LogP contribution in [0.2, 0.25) is 10.0 Å². The molecule has 0 radical (unpaired) electrons. The number of pyridine rings is 1. The van der Waals surface area contributed by atoms with Gasteiger partial charge in [-0.2, -0.15) is 0 Å². The van der Waals surface area contributed by atoms with E-state index in [1.165, 1.54) is 0 Å². The average Bonchev–Trinajstić information content (AvgIpc) is 3.05. The van der Waals surface area contributed by atoms with Gasteiger partial charge in [0.1, 0.15) is 11.3 Å². The summed E-state index contributed by atoms with van der Waals surface area (Å²) in [5.74, 6) is -0.0458. The summed E-state index contributed by atoms with van der Waals surface area (Å²) in [4.78, 5) is 21.2. The first kappa shape index (κ1) is 16.2. The molecule has 7 heteroatoms. The quantitative estimate of drug-likeness (QED) is 0.687. The van der Waals surface area contributed by atoms with E-state index in [0.29, 0.717) is 29.5 Å². The van der Waals surface area contributed by atoms with Crippen LogP contribution >= 0.6 is 23.2 Å². The van der Waals surface area contributed by atoms with Gasteiger partial charge in [0.2, 0.25) is 0 Å². The van der Waals surface area contributed by atoms with Crippen molar-refractivity contribution in [3.05, 3.63) is 64.5 Å². The molecule has 1 amide bonds. The third kappa shape index (κ3) is 3.30. The van der Waals surface area contributed by atoms with Crippen molar-refractivity contribution in [3.8, 4) is 0 Å². The second-order valence-electron chi connectivity index (χ2n) is 5.99. The Balaban J connectivity index is 1.46. The van der Waals surface area contributed by atoms with Crippen LogP contribution in [0.25, 0.3) is 5.65 Å². The molecule has 3 heterocycles. The summed E-state index contributed by atoms with van der Waals surface area (Å²) < 4.78 is 1.78. The highest BCUT2D eigenvalue weighted by Gasteiger charge is 2.24. The number of nitrogens with zero attached hydrogens (tertiary/aromatic N) is 4. The molecule has 0 bridgehead atoms. The normalized spacial score (nSPS) is 15.0. The maximum absolute atomic E-state index is 12.7. The maximum atomic E-state index is 12.7. The third-order valence-electron chi connectivity index (χ3n) is 4.39. The van der Waals surface area contributed by atoms with Gasteiger partial charge in [-0.1, -0.05) is 23.2 Å². The van der Waals surface area contributed by atoms with Gasteiger partial charge >= 0.3 is 0 Å². The lowest BCUT2D eigenvalue weighted by molar-refractivity contribution is 0.0741. The van der Waals surface area contributed by atoms with E-state index in [2.05, 4.69) is 9.88 Å². The van der Waals surface area contributed by atoms with E-state index in [9.17, 15) is 4.79 Å². The number of halogens is 2. The largest absolute Gasteiger partial charge is 0.368 e. The lowest BCUT2D eigenvalue weighted by Gasteiger charge is -2.35. The number of carbonyl (C=O) groups excluding carboxylic acids is 1. The fourth-order valence-electron chi connectivity index (χ4n) is 3.05. The van der Waals surface area contributed by atoms with E-state index in [-0.39, 0.29) is 5.91 Å². The number of rotatable bonds is 2. The van der Waals surface area contributed by atoms with Crippen molar-refractivity contribution in [2.24, 2.45) is 0 Å². The number of piperazine rings is 1. The number of carbonyl (C=O) groups is 1. The molecule has 1 fully saturated rings. The molecule has 25 heavy (non-hydrogen) atoms. The van der Waals surface area contributed by atoms with E-state index in [0.717, 1.165) is 23.8 Å². The molecule has 128 valence electrons. The van der Waals surface area contributed by atoms with Crippen molar-refractivity contribution in [1.82, 2.24) is 14.3 Å². The topological polar surface area (TPSA) is 40.9 Å². The number of benzene rings is 1. The molecule has 0 saturated carbocycles. The van der Waals surface area contributed by atoms with Gasteiger partial charge < -0.3 is 14.2 Å². The Morgan fingerprint density at radius 3 is 2.28 bits per heavy atom. The van der Waals surface area contributed by atoms with Crippen molar-refractivity contribution in [1.29, 1.82) is 0 Å². The molecule has 4 rings (SSSR count). The standard InChI is InChI=1S/C18H16Cl2N4O/c19-13-1-4-15(5-2-13)22-7-9-23(10-8-22)18(25)16-12-24-11-14(20)3-6-17(24)21-16/h1-6,11-12H,7-10H2. The van der Waals surface area contributed by atoms with Crippen molar-refractivity contribution >= 4 is 40.4 Å². The van der Waals surface area contributed by atoms with Gasteiger partial charge in [-0.3, -0.25) is 4.79 Å². The summed E-state index contributed by atoms with van der Waals surface area (Å²) in [6.07, 6.45) is 3.48. The Morgan fingerprint density at radius 2 is 1.56 bits per heavy atom. The van der Waals surface area contributed by atoms with Crippen LogP contribution in [0.15, 0.2) is 48.8 Å². The molecule has 1 aliphatic rings. The minimum absolute atomic E-state index is 0.0458. The minimum Gasteiger partial charge on any atom is -0.368 e. The van der Waals surface area contributed by atoms with Crippen molar-refractivity contribution in [3.63, 3.8) is 0 Å². The number of anilines is 1. The zero-order valence-electron chi connectivity index (χ0n) is 13.4. The Kier molecular flexibility index (Phi) is 4.27. The number of hydrogen-bond acceptors (Lipinski definition) is 3. The highest BCUT2D eigenvalue weighted by molar-refractivity contribution is 6.30. The highest BCUT2D eigenvalue weighted by Crippen LogP contribution is 2.20. The Hall–Kier alpha value is -2.24. The van der Waals surface area contributed by atoms with Crippen molar-refractivity contribution in [2.75, 3.05) is 31.1 Å². The molecule has 0 N–H and O–H groups in total. The fourth-order valence-corrected chi connectivity index (χ4v) is 3.34. The molecule has 0 aliphatic carbocycles. The molecule has 1 saturated heterocycles. The average molecular weight is 375 g/mol. The summed E-state index contributed by atoms with van der Waals surface area (Å²) in [6.45, 7) is 2.89. The number of fused-ring (bicyclic) bond motifs is 1. The van der Waals surface area contributed by atoms with Gasteiger partial charge in [0, 0.05) is 49.3 Å². The maximum Gasteiger partial charge on any atom is 0.274 e. The van der Waals surface area contributed by atoms with Crippen LogP contribution in [0.3, 0.4) is 0 Å². The fraction of sp³-hybridized carbons (Fsp3) is 0.222. The van der Waals surface area contributed by atoms with Gasteiger partial charge in [-0.05, 0) is 36.4 Å². The summed E-state index contributed by atoms with van der Waals surface area (Å²) in [7, 11) is 0. The Morgan fingerprint density at radius 1 is 0.880 bits per heavy atom. The van der Waals surface area contributed by atoms with Gasteiger partial charge in [0.25, 0.3) is 5.91 Å². The predicted octanol–water partition coefficient (Wildman–Crippen LogP) is 3.60. The van der Waals surface area contributed by atoms with Gasteiger partial charge in [0.05, 0.1) is 5.02 Å². The molecule has 0 unspecified atom stereocenters. The predicted molar refractivity (Wildman–Crippen MR) is 99.8 cm³/mol. The zero-order chi connectivity index (χ0) is 17.4. The Labute approximate surface area is 155 Å². The van der Waals surface area contributed by atoms with Crippen LogP contribution in [0.1, 0.15) is 10.5 Å². The molecular formula is C18H16Cl2N4O. The molecule has 1 aromatic carbocycles. The lowest BCUT2D eigenvalue weighted by atomic mass is 10.2. The van der Waals surface area contributed by atoms with Crippen LogP contribution in [0.4, 0.5) is 5.69 Å². The molecule has 1 aliphatic heterocycles. The third-order valence-corrected chi connectivity index (χ3v) is 4.87. The van der Waals surface area contributed by atoms with Crippen molar-refractivity contribution < 1.29 is 4.79 Å². The second-order valence-corrected chi connectivity index (χ2v) is 6.87. The van der Waals surface area contributed by atoms with E-state index >= 15 is 0 Å². The number of imidazole rings is 1. The zero-order valence-corrected chi connectivity index (χ0v) is 14.9. The first-order valence-electron chi connectivity index (χ1n) is 8.04. The summed E-state index contributed by atoms with van der Waals surface area (Å²) in [5.41, 5.74) is 2.29. The number of amides is 1.